The van der Waals surface area contributed by atoms with Crippen LogP contribution in [-0.2, 0) is 21.2 Å². The number of benzene rings is 2. The van der Waals surface area contributed by atoms with Crippen LogP contribution < -0.4 is 20.3 Å². The van der Waals surface area contributed by atoms with Crippen molar-refractivity contribution in [3.05, 3.63) is 53.6 Å². The van der Waals surface area contributed by atoms with E-state index in [-0.39, 0.29) is 16.9 Å². The third-order valence-electron chi connectivity index (χ3n) is 5.20. The second kappa shape index (κ2) is 10.5. The molecule has 172 valence electrons. The zero-order valence-electron chi connectivity index (χ0n) is 18.1. The van der Waals surface area contributed by atoms with Crippen molar-refractivity contribution in [2.45, 2.75) is 30.6 Å². The van der Waals surface area contributed by atoms with Crippen molar-refractivity contribution in [2.75, 3.05) is 27.3 Å². The third kappa shape index (κ3) is 5.57. The Morgan fingerprint density at radius 3 is 2.19 bits per heavy atom. The maximum Gasteiger partial charge on any atom is 0.269 e. The molecule has 2 N–H and O–H groups in total. The number of ether oxygens (including phenoxy) is 2. The summed E-state index contributed by atoms with van der Waals surface area (Å²) in [6, 6.07) is 10.9. The minimum absolute atomic E-state index is 0.0176. The van der Waals surface area contributed by atoms with Crippen LogP contribution in [0.3, 0.4) is 0 Å². The van der Waals surface area contributed by atoms with Crippen LogP contribution in [0.2, 0.25) is 0 Å². The number of nitrogens with one attached hydrogen (secondary N) is 2. The summed E-state index contributed by atoms with van der Waals surface area (Å²) in [4.78, 5) is 24.7. The molecule has 2 aromatic carbocycles. The Balaban J connectivity index is 1.55. The minimum Gasteiger partial charge on any atom is -0.493 e. The first-order valence-corrected chi connectivity index (χ1v) is 11.7. The summed E-state index contributed by atoms with van der Waals surface area (Å²) in [5, 5.41) is 0. The molecular formula is C22H27N3O6S. The summed E-state index contributed by atoms with van der Waals surface area (Å²) in [6.45, 7) is 1.07. The summed E-state index contributed by atoms with van der Waals surface area (Å²) in [7, 11) is -0.557. The van der Waals surface area contributed by atoms with Gasteiger partial charge in [0, 0.05) is 18.7 Å². The number of carbonyl (C=O) groups is 2. The first-order chi connectivity index (χ1) is 15.3. The molecule has 0 unspecified atom stereocenters. The van der Waals surface area contributed by atoms with Gasteiger partial charge < -0.3 is 9.47 Å². The van der Waals surface area contributed by atoms with E-state index in [4.69, 9.17) is 9.47 Å². The van der Waals surface area contributed by atoms with Gasteiger partial charge >= 0.3 is 0 Å². The summed E-state index contributed by atoms with van der Waals surface area (Å²) in [5.41, 5.74) is 5.62. The fourth-order valence-corrected chi connectivity index (χ4v) is 4.96. The molecule has 1 fully saturated rings. The maximum atomic E-state index is 12.7. The van der Waals surface area contributed by atoms with E-state index >= 15 is 0 Å². The predicted octanol–water partition coefficient (Wildman–Crippen LogP) is 1.88. The Morgan fingerprint density at radius 2 is 1.56 bits per heavy atom. The van der Waals surface area contributed by atoms with Gasteiger partial charge in [0.05, 0.1) is 25.5 Å². The highest BCUT2D eigenvalue weighted by atomic mass is 32.2. The van der Waals surface area contributed by atoms with Crippen LogP contribution in [0.5, 0.6) is 11.5 Å². The Morgan fingerprint density at radius 1 is 0.906 bits per heavy atom. The van der Waals surface area contributed by atoms with E-state index in [0.717, 1.165) is 19.3 Å². The lowest BCUT2D eigenvalue weighted by atomic mass is 10.1. The fraction of sp³-hybridized carbons (Fsp3) is 0.364. The Bertz CT molecular complexity index is 1060. The largest absolute Gasteiger partial charge is 0.493 e. The molecule has 9 nitrogen and oxygen atoms in total. The normalized spacial score (nSPS) is 14.4. The SMILES string of the molecule is COc1ccc(C(=O)NNC(=O)Cc2ccc(S(=O)(=O)N3CCCCC3)cc2)cc1OC. The molecule has 1 aliphatic rings. The predicted molar refractivity (Wildman–Crippen MR) is 118 cm³/mol. The van der Waals surface area contributed by atoms with E-state index in [0.29, 0.717) is 30.2 Å². The first-order valence-electron chi connectivity index (χ1n) is 10.3. The highest BCUT2D eigenvalue weighted by Crippen LogP contribution is 2.27. The van der Waals surface area contributed by atoms with Gasteiger partial charge in [-0.25, -0.2) is 8.42 Å². The van der Waals surface area contributed by atoms with Gasteiger partial charge in [-0.1, -0.05) is 18.6 Å². The van der Waals surface area contributed by atoms with Gasteiger partial charge in [0.15, 0.2) is 11.5 Å². The average Bonchev–Trinajstić information content (AvgIpc) is 2.83. The van der Waals surface area contributed by atoms with Crippen molar-refractivity contribution in [1.82, 2.24) is 15.2 Å². The van der Waals surface area contributed by atoms with Gasteiger partial charge in [0.2, 0.25) is 15.9 Å². The van der Waals surface area contributed by atoms with E-state index in [9.17, 15) is 18.0 Å². The standard InChI is InChI=1S/C22H27N3O6S/c1-30-19-11-8-17(15-20(19)31-2)22(27)24-23-21(26)14-16-6-9-18(10-7-16)32(28,29)25-12-4-3-5-13-25/h6-11,15H,3-5,12-14H2,1-2H3,(H,23,26)(H,24,27). The Labute approximate surface area is 187 Å². The van der Waals surface area contributed by atoms with Gasteiger partial charge in [0.25, 0.3) is 5.91 Å². The molecule has 1 aliphatic heterocycles. The molecule has 3 rings (SSSR count). The lowest BCUT2D eigenvalue weighted by Gasteiger charge is -2.25. The zero-order valence-corrected chi connectivity index (χ0v) is 18.9. The van der Waals surface area contributed by atoms with Gasteiger partial charge in [-0.2, -0.15) is 4.31 Å². The number of hydrogen-bond acceptors (Lipinski definition) is 6. The quantitative estimate of drug-likeness (QED) is 0.609. The number of rotatable bonds is 7. The summed E-state index contributed by atoms with van der Waals surface area (Å²) in [6.07, 6.45) is 2.76. The van der Waals surface area contributed by atoms with Crippen molar-refractivity contribution in [1.29, 1.82) is 0 Å². The van der Waals surface area contributed by atoms with E-state index in [1.54, 1.807) is 24.3 Å². The van der Waals surface area contributed by atoms with Gasteiger partial charge in [-0.15, -0.1) is 0 Å². The second-order valence-corrected chi connectivity index (χ2v) is 9.30. The van der Waals surface area contributed by atoms with Crippen LogP contribution in [0, 0.1) is 0 Å². The van der Waals surface area contributed by atoms with Gasteiger partial charge in [-0.05, 0) is 48.7 Å². The van der Waals surface area contributed by atoms with Crippen molar-refractivity contribution < 1.29 is 27.5 Å². The minimum atomic E-state index is -3.51. The highest BCUT2D eigenvalue weighted by molar-refractivity contribution is 7.89. The topological polar surface area (TPSA) is 114 Å². The average molecular weight is 462 g/mol. The van der Waals surface area contributed by atoms with Crippen molar-refractivity contribution in [3.8, 4) is 11.5 Å². The van der Waals surface area contributed by atoms with Crippen molar-refractivity contribution in [2.24, 2.45) is 0 Å². The number of hydrazine groups is 1. The van der Waals surface area contributed by atoms with E-state index in [1.807, 2.05) is 0 Å². The number of carbonyl (C=O) groups excluding carboxylic acids is 2. The molecule has 0 spiro atoms. The van der Waals surface area contributed by atoms with Crippen LogP contribution in [0.4, 0.5) is 0 Å². The van der Waals surface area contributed by atoms with Crippen LogP contribution in [0.15, 0.2) is 47.4 Å². The third-order valence-corrected chi connectivity index (χ3v) is 7.11. The molecule has 10 heteroatoms. The van der Waals surface area contributed by atoms with Crippen molar-refractivity contribution in [3.63, 3.8) is 0 Å². The van der Waals surface area contributed by atoms with Crippen LogP contribution >= 0.6 is 0 Å². The highest BCUT2D eigenvalue weighted by Gasteiger charge is 2.25. The number of hydrogen-bond donors (Lipinski definition) is 2. The molecule has 0 bridgehead atoms. The molecule has 32 heavy (non-hydrogen) atoms. The van der Waals surface area contributed by atoms with Crippen LogP contribution in [-0.4, -0.2) is 51.8 Å². The monoisotopic (exact) mass is 461 g/mol. The fourth-order valence-electron chi connectivity index (χ4n) is 3.44. The Kier molecular flexibility index (Phi) is 7.70. The number of amides is 2. The van der Waals surface area contributed by atoms with Gasteiger partial charge in [0.1, 0.15) is 0 Å². The van der Waals surface area contributed by atoms with E-state index in [1.165, 1.54) is 36.7 Å². The lowest BCUT2D eigenvalue weighted by molar-refractivity contribution is -0.121. The number of nitrogens with zero attached hydrogens (tertiary/aromatic N) is 1. The molecule has 0 atom stereocenters. The van der Waals surface area contributed by atoms with Crippen LogP contribution in [0.1, 0.15) is 35.2 Å². The molecule has 0 radical (unpaired) electrons. The lowest BCUT2D eigenvalue weighted by Crippen LogP contribution is -2.42. The number of piperidine rings is 1. The molecule has 1 saturated heterocycles. The number of methoxy groups -OCH3 is 2. The zero-order chi connectivity index (χ0) is 23.1. The molecule has 2 aromatic rings. The molecule has 0 aliphatic carbocycles. The smallest absolute Gasteiger partial charge is 0.269 e. The summed E-state index contributed by atoms with van der Waals surface area (Å²) < 4.78 is 37.2. The Hall–Kier alpha value is -3.11. The van der Waals surface area contributed by atoms with E-state index < -0.39 is 21.8 Å². The molecule has 2 amide bonds. The van der Waals surface area contributed by atoms with Crippen molar-refractivity contribution >= 4 is 21.8 Å². The summed E-state index contributed by atoms with van der Waals surface area (Å²) >= 11 is 0. The first kappa shape index (κ1) is 23.6. The van der Waals surface area contributed by atoms with Gasteiger partial charge in [-0.3, -0.25) is 20.4 Å². The van der Waals surface area contributed by atoms with E-state index in [2.05, 4.69) is 10.9 Å². The molecule has 1 heterocycles. The number of sulfonamides is 1. The molecule has 0 aromatic heterocycles. The second-order valence-electron chi connectivity index (χ2n) is 7.36. The maximum absolute atomic E-state index is 12.7. The van der Waals surface area contributed by atoms with Crippen LogP contribution in [0.25, 0.3) is 0 Å². The molecular weight excluding hydrogens is 434 g/mol. The molecule has 0 saturated carbocycles. The summed E-state index contributed by atoms with van der Waals surface area (Å²) in [5.74, 6) is -0.0716.